The van der Waals surface area contributed by atoms with Gasteiger partial charge in [-0.3, -0.25) is 4.79 Å². The highest BCUT2D eigenvalue weighted by molar-refractivity contribution is 7.99. The molecule has 0 spiro atoms. The summed E-state index contributed by atoms with van der Waals surface area (Å²) >= 11 is 1.63. The van der Waals surface area contributed by atoms with Gasteiger partial charge < -0.3 is 10.4 Å². The van der Waals surface area contributed by atoms with Gasteiger partial charge in [-0.1, -0.05) is 12.8 Å². The monoisotopic (exact) mass is 285 g/mol. The van der Waals surface area contributed by atoms with Crippen LogP contribution in [-0.4, -0.2) is 41.3 Å². The Morgan fingerprint density at radius 2 is 2.06 bits per heavy atom. The van der Waals surface area contributed by atoms with Gasteiger partial charge in [-0.2, -0.15) is 24.9 Å². The van der Waals surface area contributed by atoms with E-state index in [0.717, 1.165) is 25.7 Å². The van der Waals surface area contributed by atoms with Crippen molar-refractivity contribution in [1.82, 2.24) is 5.32 Å². The minimum atomic E-state index is -4.69. The van der Waals surface area contributed by atoms with E-state index < -0.39 is 24.6 Å². The molecule has 0 aromatic carbocycles. The molecule has 0 aliphatic heterocycles. The van der Waals surface area contributed by atoms with Gasteiger partial charge in [0.1, 0.15) is 0 Å². The lowest BCUT2D eigenvalue weighted by atomic mass is 9.94. The quantitative estimate of drug-likeness (QED) is 0.815. The van der Waals surface area contributed by atoms with Crippen molar-refractivity contribution in [3.63, 3.8) is 0 Å². The Morgan fingerprint density at radius 1 is 1.44 bits per heavy atom. The van der Waals surface area contributed by atoms with E-state index in [2.05, 4.69) is 5.32 Å². The first-order valence-electron chi connectivity index (χ1n) is 5.92. The van der Waals surface area contributed by atoms with Crippen molar-refractivity contribution in [3.05, 3.63) is 0 Å². The van der Waals surface area contributed by atoms with Crippen LogP contribution in [0, 0.1) is 5.92 Å². The summed E-state index contributed by atoms with van der Waals surface area (Å²) in [5, 5.41) is 11.7. The second-order valence-electron chi connectivity index (χ2n) is 4.51. The Bertz CT molecular complexity index is 286. The van der Waals surface area contributed by atoms with Crippen LogP contribution in [0.2, 0.25) is 0 Å². The van der Waals surface area contributed by atoms with Crippen LogP contribution in [0.4, 0.5) is 13.2 Å². The number of carboxylic acids is 1. The highest BCUT2D eigenvalue weighted by Crippen LogP contribution is 2.29. The first-order chi connectivity index (χ1) is 8.36. The third-order valence-electron chi connectivity index (χ3n) is 3.28. The van der Waals surface area contributed by atoms with Crippen molar-refractivity contribution in [1.29, 1.82) is 0 Å². The summed E-state index contributed by atoms with van der Waals surface area (Å²) in [6.45, 7) is -0.541. The molecule has 0 radical (unpaired) electrons. The number of thioether (sulfide) groups is 1. The lowest BCUT2D eigenvalue weighted by molar-refractivity contribution is -0.192. The van der Waals surface area contributed by atoms with Crippen LogP contribution in [-0.2, 0) is 4.79 Å². The molecule has 0 aromatic heterocycles. The fourth-order valence-electron chi connectivity index (χ4n) is 2.22. The lowest BCUT2D eigenvalue weighted by Crippen LogP contribution is -2.47. The molecule has 3 atom stereocenters. The number of carboxylic acid groups (broad SMARTS) is 1. The van der Waals surface area contributed by atoms with E-state index >= 15 is 0 Å². The second kappa shape index (κ2) is 6.65. The van der Waals surface area contributed by atoms with Gasteiger partial charge in [0.25, 0.3) is 0 Å². The number of nitrogens with one attached hydrogen (secondary N) is 1. The summed E-state index contributed by atoms with van der Waals surface area (Å²) in [7, 11) is 0. The van der Waals surface area contributed by atoms with Crippen molar-refractivity contribution in [3.8, 4) is 0 Å². The van der Waals surface area contributed by atoms with Crippen LogP contribution in [0.1, 0.15) is 25.7 Å². The summed E-state index contributed by atoms with van der Waals surface area (Å²) in [5.74, 6) is -4.13. The average molecular weight is 285 g/mol. The predicted octanol–water partition coefficient (Wildman–Crippen LogP) is 2.51. The van der Waals surface area contributed by atoms with Crippen LogP contribution < -0.4 is 5.32 Å². The number of rotatable bonds is 5. The zero-order valence-corrected chi connectivity index (χ0v) is 11.0. The largest absolute Gasteiger partial charge is 0.481 e. The van der Waals surface area contributed by atoms with E-state index in [-0.39, 0.29) is 11.3 Å². The van der Waals surface area contributed by atoms with E-state index in [0.29, 0.717) is 0 Å². The molecule has 2 N–H and O–H groups in total. The molecule has 3 nitrogen and oxygen atoms in total. The van der Waals surface area contributed by atoms with Crippen LogP contribution >= 0.6 is 11.8 Å². The molecule has 0 aromatic rings. The maximum Gasteiger partial charge on any atom is 0.403 e. The average Bonchev–Trinajstić information content (AvgIpc) is 2.27. The van der Waals surface area contributed by atoms with Crippen molar-refractivity contribution < 1.29 is 23.1 Å². The van der Waals surface area contributed by atoms with Gasteiger partial charge >= 0.3 is 12.1 Å². The van der Waals surface area contributed by atoms with Gasteiger partial charge in [0.05, 0.1) is 0 Å². The fourth-order valence-corrected chi connectivity index (χ4v) is 3.19. The first-order valence-corrected chi connectivity index (χ1v) is 7.20. The summed E-state index contributed by atoms with van der Waals surface area (Å²) in [5.41, 5.74) is 0. The van der Waals surface area contributed by atoms with Gasteiger partial charge in [0.15, 0.2) is 5.92 Å². The highest BCUT2D eigenvalue weighted by atomic mass is 32.2. The van der Waals surface area contributed by atoms with E-state index in [9.17, 15) is 18.0 Å². The maximum atomic E-state index is 12.5. The Morgan fingerprint density at radius 3 is 2.56 bits per heavy atom. The molecule has 1 aliphatic carbocycles. The summed E-state index contributed by atoms with van der Waals surface area (Å²) < 4.78 is 37.4. The predicted molar refractivity (Wildman–Crippen MR) is 64.7 cm³/mol. The minimum Gasteiger partial charge on any atom is -0.481 e. The zero-order chi connectivity index (χ0) is 13.8. The highest BCUT2D eigenvalue weighted by Gasteiger charge is 2.45. The topological polar surface area (TPSA) is 49.3 Å². The molecule has 18 heavy (non-hydrogen) atoms. The third kappa shape index (κ3) is 4.35. The molecule has 106 valence electrons. The van der Waals surface area contributed by atoms with Crippen LogP contribution in [0.15, 0.2) is 0 Å². The molecular weight excluding hydrogens is 267 g/mol. The number of alkyl halides is 3. The lowest BCUT2D eigenvalue weighted by Gasteiger charge is -2.32. The van der Waals surface area contributed by atoms with Crippen molar-refractivity contribution in [2.45, 2.75) is 43.2 Å². The Labute approximate surface area is 109 Å². The van der Waals surface area contributed by atoms with Crippen molar-refractivity contribution >= 4 is 17.7 Å². The molecule has 1 saturated carbocycles. The summed E-state index contributed by atoms with van der Waals surface area (Å²) in [4.78, 5) is 10.6. The first kappa shape index (κ1) is 15.6. The molecule has 7 heteroatoms. The molecule has 1 rings (SSSR count). The number of carbonyl (C=O) groups is 1. The maximum absolute atomic E-state index is 12.5. The molecule has 0 heterocycles. The summed E-state index contributed by atoms with van der Waals surface area (Å²) in [6.07, 6.45) is 1.10. The van der Waals surface area contributed by atoms with Crippen LogP contribution in [0.25, 0.3) is 0 Å². The summed E-state index contributed by atoms with van der Waals surface area (Å²) in [6, 6.07) is -0.0158. The van der Waals surface area contributed by atoms with Crippen LogP contribution in [0.5, 0.6) is 0 Å². The number of hydrogen-bond acceptors (Lipinski definition) is 3. The molecule has 0 amide bonds. The van der Waals surface area contributed by atoms with E-state index in [4.69, 9.17) is 5.11 Å². The fraction of sp³-hybridized carbons (Fsp3) is 0.909. The van der Waals surface area contributed by atoms with Gasteiger partial charge in [-0.15, -0.1) is 0 Å². The smallest absolute Gasteiger partial charge is 0.403 e. The Balaban J connectivity index is 2.53. The molecule has 1 aliphatic rings. The Kier molecular flexibility index (Phi) is 5.78. The van der Waals surface area contributed by atoms with Crippen molar-refractivity contribution in [2.75, 3.05) is 12.8 Å². The molecular formula is C11H18F3NO2S. The van der Waals surface area contributed by atoms with E-state index in [1.165, 1.54) is 0 Å². The van der Waals surface area contributed by atoms with Gasteiger partial charge in [0.2, 0.25) is 0 Å². The normalized spacial score (nSPS) is 26.9. The molecule has 1 fully saturated rings. The SMILES string of the molecule is CSC1CCCCC1NCC(C(=O)O)C(F)(F)F. The van der Waals surface area contributed by atoms with E-state index in [1.54, 1.807) is 11.8 Å². The molecule has 0 bridgehead atoms. The minimum absolute atomic E-state index is 0.0158. The third-order valence-corrected chi connectivity index (χ3v) is 4.45. The molecule has 0 saturated heterocycles. The second-order valence-corrected chi connectivity index (χ2v) is 5.58. The van der Waals surface area contributed by atoms with Gasteiger partial charge in [-0.05, 0) is 19.1 Å². The van der Waals surface area contributed by atoms with Crippen molar-refractivity contribution in [2.24, 2.45) is 5.92 Å². The van der Waals surface area contributed by atoms with Gasteiger partial charge in [0, 0.05) is 17.8 Å². The number of hydrogen-bond donors (Lipinski definition) is 2. The number of halogens is 3. The van der Waals surface area contributed by atoms with Gasteiger partial charge in [-0.25, -0.2) is 0 Å². The molecule has 3 unspecified atom stereocenters. The Hall–Kier alpha value is -0.430. The standard InChI is InChI=1S/C11H18F3NO2S/c1-18-9-5-3-2-4-8(9)15-6-7(10(16)17)11(12,13)14/h7-9,15H,2-6H2,1H3,(H,16,17). The van der Waals surface area contributed by atoms with Crippen LogP contribution in [0.3, 0.4) is 0 Å². The number of aliphatic carboxylic acids is 1. The van der Waals surface area contributed by atoms with E-state index in [1.807, 2.05) is 6.26 Å². The zero-order valence-electron chi connectivity index (χ0n) is 10.2.